The number of hydrogen-bond acceptors (Lipinski definition) is 1. The van der Waals surface area contributed by atoms with Crippen LogP contribution in [-0.2, 0) is 0 Å². The predicted octanol–water partition coefficient (Wildman–Crippen LogP) is 4.33. The molecule has 0 saturated heterocycles. The van der Waals surface area contributed by atoms with Gasteiger partial charge in [-0.2, -0.15) is 0 Å². The Morgan fingerprint density at radius 2 is 1.94 bits per heavy atom. The molecule has 0 radical (unpaired) electrons. The van der Waals surface area contributed by atoms with Crippen LogP contribution in [0.5, 0.6) is 0 Å². The van der Waals surface area contributed by atoms with Crippen LogP contribution in [0.4, 0.5) is 0 Å². The smallest absolute Gasteiger partial charge is 0.0414 e. The van der Waals surface area contributed by atoms with Crippen LogP contribution in [0.15, 0.2) is 12.3 Å². The Hall–Kier alpha value is 0.0200. The fraction of sp³-hybridized carbons (Fsp3) is 0.857. The number of rotatable bonds is 3. The predicted molar refractivity (Wildman–Crippen MR) is 73.8 cm³/mol. The van der Waals surface area contributed by atoms with Crippen LogP contribution in [0, 0.1) is 5.41 Å². The summed E-state index contributed by atoms with van der Waals surface area (Å²) < 4.78 is 0. The van der Waals surface area contributed by atoms with E-state index < -0.39 is 0 Å². The minimum absolute atomic E-state index is 0.240. The summed E-state index contributed by atoms with van der Waals surface area (Å²) in [5, 5.41) is 1.17. The van der Waals surface area contributed by atoms with Gasteiger partial charge in [0.2, 0.25) is 0 Å². The molecule has 1 atom stereocenters. The molecule has 0 aromatic rings. The highest BCUT2D eigenvalue weighted by Gasteiger charge is 2.50. The van der Waals surface area contributed by atoms with Gasteiger partial charge in [-0.25, -0.2) is 0 Å². The minimum Gasteiger partial charge on any atom is -0.367 e. The maximum atomic E-state index is 3.70. The molecule has 1 aliphatic heterocycles. The van der Waals surface area contributed by atoms with Crippen LogP contribution in [0.2, 0.25) is 0 Å². The zero-order valence-corrected chi connectivity index (χ0v) is 12.6. The third kappa shape index (κ3) is 2.18. The van der Waals surface area contributed by atoms with E-state index >= 15 is 0 Å². The van der Waals surface area contributed by atoms with Crippen molar-refractivity contribution in [3.63, 3.8) is 0 Å². The van der Waals surface area contributed by atoms with E-state index in [1.54, 1.807) is 0 Å². The van der Waals surface area contributed by atoms with Crippen LogP contribution in [0.25, 0.3) is 0 Å². The zero-order chi connectivity index (χ0) is 12.0. The van der Waals surface area contributed by atoms with E-state index in [-0.39, 0.29) is 5.54 Å². The summed E-state index contributed by atoms with van der Waals surface area (Å²) in [6, 6.07) is 0. The zero-order valence-electron chi connectivity index (χ0n) is 11.0. The highest BCUT2D eigenvalue weighted by Crippen LogP contribution is 2.55. The lowest BCUT2D eigenvalue weighted by Gasteiger charge is -2.47. The largest absolute Gasteiger partial charge is 0.367 e. The van der Waals surface area contributed by atoms with Gasteiger partial charge in [-0.15, -0.1) is 0 Å². The van der Waals surface area contributed by atoms with Gasteiger partial charge in [0.25, 0.3) is 0 Å². The van der Waals surface area contributed by atoms with E-state index in [1.165, 1.54) is 31.0 Å². The molecular formula is C14H24BrN. The molecule has 1 unspecified atom stereocenters. The van der Waals surface area contributed by atoms with Gasteiger partial charge in [0.15, 0.2) is 0 Å². The highest BCUT2D eigenvalue weighted by molar-refractivity contribution is 9.09. The Bertz CT molecular complexity index is 298. The molecule has 1 nitrogen and oxygen atoms in total. The van der Waals surface area contributed by atoms with Crippen molar-refractivity contribution in [3.8, 4) is 0 Å². The number of nitrogens with zero attached hydrogens (tertiary/aromatic N) is 1. The van der Waals surface area contributed by atoms with Crippen molar-refractivity contribution in [2.45, 2.75) is 64.5 Å². The first-order valence-electron chi connectivity index (χ1n) is 6.34. The van der Waals surface area contributed by atoms with Crippen molar-refractivity contribution in [2.24, 2.45) is 5.41 Å². The average Bonchev–Trinajstić information content (AvgIpc) is 2.80. The molecule has 16 heavy (non-hydrogen) atoms. The lowest BCUT2D eigenvalue weighted by atomic mass is 9.83. The maximum Gasteiger partial charge on any atom is 0.0414 e. The van der Waals surface area contributed by atoms with Gasteiger partial charge in [-0.05, 0) is 65.0 Å². The average molecular weight is 286 g/mol. The molecule has 1 aliphatic carbocycles. The third-order valence-electron chi connectivity index (χ3n) is 4.11. The maximum absolute atomic E-state index is 3.70. The standard InChI is InChI=1S/C14H24BrN/c1-12(2,3)16-9-5-6-13(16,4)10-14(11-15)7-8-14/h5,9H,6-8,10-11H2,1-4H3. The molecule has 1 fully saturated rings. The van der Waals surface area contributed by atoms with E-state index in [9.17, 15) is 0 Å². The summed E-state index contributed by atoms with van der Waals surface area (Å²) in [6.07, 6.45) is 10.0. The SMILES string of the molecule is CC(C)(C)N1C=CCC1(C)CC1(CBr)CC1. The van der Waals surface area contributed by atoms with Crippen LogP contribution in [-0.4, -0.2) is 21.3 Å². The van der Waals surface area contributed by atoms with Crippen molar-refractivity contribution < 1.29 is 0 Å². The van der Waals surface area contributed by atoms with E-state index in [1.807, 2.05) is 0 Å². The van der Waals surface area contributed by atoms with Crippen molar-refractivity contribution in [1.29, 1.82) is 0 Å². The molecule has 0 spiro atoms. The Labute approximate surface area is 108 Å². The molecule has 0 bridgehead atoms. The monoisotopic (exact) mass is 285 g/mol. The van der Waals surface area contributed by atoms with E-state index in [4.69, 9.17) is 0 Å². The molecule has 1 saturated carbocycles. The van der Waals surface area contributed by atoms with Crippen LogP contribution in [0.1, 0.15) is 53.4 Å². The molecule has 2 heteroatoms. The Balaban J connectivity index is 2.12. The lowest BCUT2D eigenvalue weighted by molar-refractivity contribution is 0.0641. The molecular weight excluding hydrogens is 262 g/mol. The molecule has 0 aromatic heterocycles. The second-order valence-corrected chi connectivity index (χ2v) is 7.50. The second kappa shape index (κ2) is 3.76. The van der Waals surface area contributed by atoms with Gasteiger partial charge in [0.05, 0.1) is 0 Å². The highest BCUT2D eigenvalue weighted by atomic mass is 79.9. The Morgan fingerprint density at radius 3 is 2.38 bits per heavy atom. The Kier molecular flexibility index (Phi) is 2.93. The van der Waals surface area contributed by atoms with Crippen molar-refractivity contribution in [1.82, 2.24) is 4.90 Å². The first-order chi connectivity index (χ1) is 7.31. The van der Waals surface area contributed by atoms with Gasteiger partial charge >= 0.3 is 0 Å². The summed E-state index contributed by atoms with van der Waals surface area (Å²) in [5.74, 6) is 0. The summed E-state index contributed by atoms with van der Waals surface area (Å²) >= 11 is 3.70. The van der Waals surface area contributed by atoms with Crippen LogP contribution < -0.4 is 0 Å². The molecule has 2 aliphatic rings. The topological polar surface area (TPSA) is 3.24 Å². The van der Waals surface area contributed by atoms with Gasteiger partial charge in [0, 0.05) is 16.4 Å². The van der Waals surface area contributed by atoms with E-state index in [0.717, 1.165) is 0 Å². The minimum atomic E-state index is 0.240. The molecule has 0 aromatic carbocycles. The van der Waals surface area contributed by atoms with Gasteiger partial charge < -0.3 is 4.90 Å². The Morgan fingerprint density at radius 1 is 1.31 bits per heavy atom. The summed E-state index contributed by atoms with van der Waals surface area (Å²) in [4.78, 5) is 2.57. The van der Waals surface area contributed by atoms with Crippen molar-refractivity contribution in [2.75, 3.05) is 5.33 Å². The third-order valence-corrected chi connectivity index (χ3v) is 5.30. The van der Waals surface area contributed by atoms with Gasteiger partial charge in [0.1, 0.15) is 0 Å². The molecule has 0 N–H and O–H groups in total. The molecule has 92 valence electrons. The summed E-state index contributed by atoms with van der Waals surface area (Å²) in [5.41, 5.74) is 1.18. The normalized spacial score (nSPS) is 32.2. The first-order valence-corrected chi connectivity index (χ1v) is 7.46. The quantitative estimate of drug-likeness (QED) is 0.698. The first kappa shape index (κ1) is 12.5. The van der Waals surface area contributed by atoms with Crippen molar-refractivity contribution in [3.05, 3.63) is 12.3 Å². The van der Waals surface area contributed by atoms with Crippen LogP contribution >= 0.6 is 15.9 Å². The summed E-state index contributed by atoms with van der Waals surface area (Å²) in [7, 11) is 0. The molecule has 1 heterocycles. The lowest BCUT2D eigenvalue weighted by Crippen LogP contribution is -2.51. The fourth-order valence-corrected chi connectivity index (χ4v) is 3.98. The molecule has 2 rings (SSSR count). The van der Waals surface area contributed by atoms with E-state index in [2.05, 4.69) is 60.8 Å². The van der Waals surface area contributed by atoms with Gasteiger partial charge in [-0.3, -0.25) is 0 Å². The number of hydrogen-bond donors (Lipinski definition) is 0. The van der Waals surface area contributed by atoms with Crippen molar-refractivity contribution >= 4 is 15.9 Å². The van der Waals surface area contributed by atoms with Crippen LogP contribution in [0.3, 0.4) is 0 Å². The second-order valence-electron chi connectivity index (χ2n) is 6.94. The number of alkyl halides is 1. The van der Waals surface area contributed by atoms with E-state index in [0.29, 0.717) is 11.0 Å². The van der Waals surface area contributed by atoms with Gasteiger partial charge in [-0.1, -0.05) is 22.0 Å². The summed E-state index contributed by atoms with van der Waals surface area (Å²) in [6.45, 7) is 9.37. The molecule has 0 amide bonds. The fourth-order valence-electron chi connectivity index (χ4n) is 3.22. The number of halogens is 1.